The molecule has 19 heavy (non-hydrogen) atoms. The summed E-state index contributed by atoms with van der Waals surface area (Å²) in [6.45, 7) is 5.44. The van der Waals surface area contributed by atoms with Gasteiger partial charge in [0.2, 0.25) is 0 Å². The molecule has 0 unspecified atom stereocenters. The minimum Gasteiger partial charge on any atom is -0.478 e. The molecule has 1 aromatic heterocycles. The van der Waals surface area contributed by atoms with Crippen molar-refractivity contribution in [2.24, 2.45) is 0 Å². The fourth-order valence-electron chi connectivity index (χ4n) is 2.34. The molecule has 0 bridgehead atoms. The van der Waals surface area contributed by atoms with E-state index in [4.69, 9.17) is 5.11 Å². The standard InChI is InChI=1S/C15H15NO3/c1-9-7-12(17)8-10(2)16(9)14-6-4-5-13(11(14)3)15(18)19/h4-8H,1-3H3,(H,18,19). The monoisotopic (exact) mass is 257 g/mol. The maximum absolute atomic E-state index is 11.4. The predicted octanol–water partition coefficient (Wildman–Crippen LogP) is 2.46. The van der Waals surface area contributed by atoms with Crippen molar-refractivity contribution in [3.05, 3.63) is 63.1 Å². The van der Waals surface area contributed by atoms with Gasteiger partial charge in [0.05, 0.1) is 5.56 Å². The van der Waals surface area contributed by atoms with Gasteiger partial charge in [-0.25, -0.2) is 4.79 Å². The molecule has 0 fully saturated rings. The van der Waals surface area contributed by atoms with Gasteiger partial charge in [-0.15, -0.1) is 0 Å². The van der Waals surface area contributed by atoms with E-state index in [1.54, 1.807) is 31.2 Å². The van der Waals surface area contributed by atoms with Crippen LogP contribution in [0.1, 0.15) is 27.3 Å². The molecule has 98 valence electrons. The second-order valence-electron chi connectivity index (χ2n) is 4.56. The highest BCUT2D eigenvalue weighted by Crippen LogP contribution is 2.20. The summed E-state index contributed by atoms with van der Waals surface area (Å²) in [6.07, 6.45) is 0. The van der Waals surface area contributed by atoms with E-state index in [-0.39, 0.29) is 11.0 Å². The normalized spacial score (nSPS) is 10.5. The van der Waals surface area contributed by atoms with E-state index in [1.807, 2.05) is 24.5 Å². The Morgan fingerprint density at radius 2 is 1.68 bits per heavy atom. The molecule has 0 aliphatic heterocycles. The van der Waals surface area contributed by atoms with Gasteiger partial charge in [-0.05, 0) is 38.5 Å². The highest BCUT2D eigenvalue weighted by molar-refractivity contribution is 5.90. The first-order valence-corrected chi connectivity index (χ1v) is 5.95. The Kier molecular flexibility index (Phi) is 3.25. The van der Waals surface area contributed by atoms with Crippen LogP contribution in [0, 0.1) is 20.8 Å². The van der Waals surface area contributed by atoms with Crippen LogP contribution in [0.5, 0.6) is 0 Å². The first-order valence-electron chi connectivity index (χ1n) is 5.95. The SMILES string of the molecule is Cc1c(C(=O)O)cccc1-n1c(C)cc(=O)cc1C. The van der Waals surface area contributed by atoms with Gasteiger partial charge in [-0.3, -0.25) is 4.79 Å². The Balaban J connectivity index is 2.77. The molecule has 0 aliphatic carbocycles. The summed E-state index contributed by atoms with van der Waals surface area (Å²) >= 11 is 0. The molecule has 1 heterocycles. The van der Waals surface area contributed by atoms with Crippen molar-refractivity contribution in [3.63, 3.8) is 0 Å². The molecule has 1 aromatic carbocycles. The number of hydrogen-bond donors (Lipinski definition) is 1. The molecule has 2 rings (SSSR count). The van der Waals surface area contributed by atoms with Crippen LogP contribution in [-0.4, -0.2) is 15.6 Å². The molecule has 0 radical (unpaired) electrons. The summed E-state index contributed by atoms with van der Waals surface area (Å²) in [6, 6.07) is 8.23. The van der Waals surface area contributed by atoms with E-state index in [0.29, 0.717) is 5.56 Å². The Hall–Kier alpha value is -2.36. The van der Waals surface area contributed by atoms with Gasteiger partial charge in [0.15, 0.2) is 5.43 Å². The lowest BCUT2D eigenvalue weighted by Gasteiger charge is -2.17. The Morgan fingerprint density at radius 1 is 1.11 bits per heavy atom. The van der Waals surface area contributed by atoms with E-state index in [9.17, 15) is 9.59 Å². The average molecular weight is 257 g/mol. The molecular weight excluding hydrogens is 242 g/mol. The van der Waals surface area contributed by atoms with Gasteiger partial charge in [0, 0.05) is 29.2 Å². The van der Waals surface area contributed by atoms with Crippen molar-refractivity contribution < 1.29 is 9.90 Å². The zero-order valence-electron chi connectivity index (χ0n) is 11.1. The number of nitrogens with zero attached hydrogens (tertiary/aromatic N) is 1. The summed E-state index contributed by atoms with van der Waals surface area (Å²) in [5, 5.41) is 9.16. The minimum atomic E-state index is -0.948. The smallest absolute Gasteiger partial charge is 0.336 e. The van der Waals surface area contributed by atoms with Crippen LogP contribution < -0.4 is 5.43 Å². The van der Waals surface area contributed by atoms with Crippen LogP contribution in [0.15, 0.2) is 35.1 Å². The quantitative estimate of drug-likeness (QED) is 0.899. The lowest BCUT2D eigenvalue weighted by molar-refractivity contribution is 0.0696. The highest BCUT2D eigenvalue weighted by atomic mass is 16.4. The molecule has 0 aliphatic rings. The summed E-state index contributed by atoms with van der Waals surface area (Å²) in [7, 11) is 0. The zero-order chi connectivity index (χ0) is 14.2. The van der Waals surface area contributed by atoms with E-state index in [1.165, 1.54) is 0 Å². The Bertz CT molecular complexity index is 688. The zero-order valence-corrected chi connectivity index (χ0v) is 11.1. The van der Waals surface area contributed by atoms with Crippen molar-refractivity contribution in [1.82, 2.24) is 4.57 Å². The molecule has 4 heteroatoms. The van der Waals surface area contributed by atoms with Gasteiger partial charge < -0.3 is 9.67 Å². The first-order chi connectivity index (χ1) is 8.91. The number of hydrogen-bond acceptors (Lipinski definition) is 2. The van der Waals surface area contributed by atoms with E-state index in [2.05, 4.69) is 0 Å². The van der Waals surface area contributed by atoms with Crippen LogP contribution in [0.2, 0.25) is 0 Å². The average Bonchev–Trinajstić information content (AvgIpc) is 2.29. The number of aromatic carboxylic acids is 1. The lowest BCUT2D eigenvalue weighted by Crippen LogP contribution is -2.13. The molecule has 2 aromatic rings. The minimum absolute atomic E-state index is 0.0432. The Labute approximate surface area is 110 Å². The topological polar surface area (TPSA) is 59.3 Å². The molecule has 1 N–H and O–H groups in total. The lowest BCUT2D eigenvalue weighted by atomic mass is 10.1. The third-order valence-corrected chi connectivity index (χ3v) is 3.18. The molecule has 0 spiro atoms. The summed E-state index contributed by atoms with van der Waals surface area (Å²) in [5.41, 5.74) is 3.28. The number of aryl methyl sites for hydroxylation is 2. The van der Waals surface area contributed by atoms with Crippen LogP contribution in [0.4, 0.5) is 0 Å². The van der Waals surface area contributed by atoms with Crippen LogP contribution >= 0.6 is 0 Å². The number of rotatable bonds is 2. The third kappa shape index (κ3) is 2.29. The number of pyridine rings is 1. The van der Waals surface area contributed by atoms with Crippen molar-refractivity contribution in [1.29, 1.82) is 0 Å². The largest absolute Gasteiger partial charge is 0.478 e. The second-order valence-corrected chi connectivity index (χ2v) is 4.56. The molecule has 0 saturated heterocycles. The molecular formula is C15H15NO3. The first kappa shape index (κ1) is 13.1. The van der Waals surface area contributed by atoms with Gasteiger partial charge in [-0.1, -0.05) is 6.07 Å². The number of benzene rings is 1. The van der Waals surface area contributed by atoms with Crippen LogP contribution in [0.3, 0.4) is 0 Å². The summed E-state index contributed by atoms with van der Waals surface area (Å²) in [4.78, 5) is 22.6. The molecule has 4 nitrogen and oxygen atoms in total. The molecule has 0 atom stereocenters. The van der Waals surface area contributed by atoms with Gasteiger partial charge >= 0.3 is 5.97 Å². The summed E-state index contributed by atoms with van der Waals surface area (Å²) < 4.78 is 1.89. The second kappa shape index (κ2) is 4.72. The molecule has 0 amide bonds. The van der Waals surface area contributed by atoms with Crippen molar-refractivity contribution in [2.45, 2.75) is 20.8 Å². The number of carboxylic acids is 1. The van der Waals surface area contributed by atoms with Gasteiger partial charge in [0.25, 0.3) is 0 Å². The van der Waals surface area contributed by atoms with Crippen molar-refractivity contribution in [3.8, 4) is 5.69 Å². The van der Waals surface area contributed by atoms with E-state index < -0.39 is 5.97 Å². The number of carbonyl (C=O) groups is 1. The van der Waals surface area contributed by atoms with Crippen molar-refractivity contribution in [2.75, 3.05) is 0 Å². The maximum atomic E-state index is 11.4. The maximum Gasteiger partial charge on any atom is 0.336 e. The van der Waals surface area contributed by atoms with Gasteiger partial charge in [0.1, 0.15) is 0 Å². The predicted molar refractivity (Wildman–Crippen MR) is 73.2 cm³/mol. The number of carboxylic acid groups (broad SMARTS) is 1. The highest BCUT2D eigenvalue weighted by Gasteiger charge is 2.13. The van der Waals surface area contributed by atoms with E-state index >= 15 is 0 Å². The van der Waals surface area contributed by atoms with Crippen LogP contribution in [0.25, 0.3) is 5.69 Å². The number of aromatic nitrogens is 1. The third-order valence-electron chi connectivity index (χ3n) is 3.18. The van der Waals surface area contributed by atoms with E-state index in [0.717, 1.165) is 17.1 Å². The Morgan fingerprint density at radius 3 is 2.21 bits per heavy atom. The van der Waals surface area contributed by atoms with Crippen LogP contribution in [-0.2, 0) is 0 Å². The van der Waals surface area contributed by atoms with Crippen molar-refractivity contribution >= 4 is 5.97 Å². The fraction of sp³-hybridized carbons (Fsp3) is 0.200. The fourth-order valence-corrected chi connectivity index (χ4v) is 2.34. The summed E-state index contributed by atoms with van der Waals surface area (Å²) in [5.74, 6) is -0.948. The molecule has 0 saturated carbocycles. The van der Waals surface area contributed by atoms with Gasteiger partial charge in [-0.2, -0.15) is 0 Å².